The molecule has 2 aromatic carbocycles. The van der Waals surface area contributed by atoms with E-state index < -0.39 is 5.97 Å². The molecule has 4 heteroatoms. The smallest absolute Gasteiger partial charge is 0.335 e. The number of carbonyl (C=O) groups is 1. The molecule has 1 heterocycles. The molecule has 0 bridgehead atoms. The molecule has 0 saturated heterocycles. The lowest BCUT2D eigenvalue weighted by Crippen LogP contribution is -2.02. The van der Waals surface area contributed by atoms with E-state index in [1.54, 1.807) is 18.2 Å². The van der Waals surface area contributed by atoms with E-state index in [9.17, 15) is 4.79 Å². The van der Waals surface area contributed by atoms with Crippen molar-refractivity contribution in [1.82, 2.24) is 0 Å². The van der Waals surface area contributed by atoms with Gasteiger partial charge in [-0.15, -0.1) is 0 Å². The average Bonchev–Trinajstić information content (AvgIpc) is 3.05. The maximum absolute atomic E-state index is 11.1. The van der Waals surface area contributed by atoms with Crippen LogP contribution in [0.3, 0.4) is 0 Å². The number of aliphatic imine (C=N–C) groups is 1. The molecular weight excluding hydrogens is 290 g/mol. The molecule has 0 aromatic heterocycles. The van der Waals surface area contributed by atoms with Gasteiger partial charge in [-0.2, -0.15) is 0 Å². The number of carboxylic acid groups (broad SMARTS) is 1. The SMILES string of the molecule is CC(C)c1ccc(C2=NC(c3cccc(C(=O)O)c3)CO2)cc1. The van der Waals surface area contributed by atoms with Crippen LogP contribution in [-0.4, -0.2) is 23.6 Å². The van der Waals surface area contributed by atoms with Crippen LogP contribution in [0, 0.1) is 0 Å². The Morgan fingerprint density at radius 1 is 1.22 bits per heavy atom. The highest BCUT2D eigenvalue weighted by Crippen LogP contribution is 2.26. The Balaban J connectivity index is 1.83. The first kappa shape index (κ1) is 15.3. The molecule has 0 aliphatic carbocycles. The summed E-state index contributed by atoms with van der Waals surface area (Å²) in [6.45, 7) is 4.75. The lowest BCUT2D eigenvalue weighted by atomic mass is 10.0. The van der Waals surface area contributed by atoms with Crippen LogP contribution in [0.2, 0.25) is 0 Å². The number of benzene rings is 2. The van der Waals surface area contributed by atoms with Crippen LogP contribution in [0.15, 0.2) is 53.5 Å². The zero-order valence-corrected chi connectivity index (χ0v) is 13.2. The van der Waals surface area contributed by atoms with Crippen LogP contribution in [0.1, 0.15) is 52.9 Å². The van der Waals surface area contributed by atoms with Crippen molar-refractivity contribution in [1.29, 1.82) is 0 Å². The van der Waals surface area contributed by atoms with E-state index in [-0.39, 0.29) is 11.6 Å². The highest BCUT2D eigenvalue weighted by Gasteiger charge is 2.22. The molecule has 1 N–H and O–H groups in total. The fourth-order valence-corrected chi connectivity index (χ4v) is 2.59. The van der Waals surface area contributed by atoms with Crippen LogP contribution in [0.5, 0.6) is 0 Å². The minimum Gasteiger partial charge on any atom is -0.478 e. The highest BCUT2D eigenvalue weighted by molar-refractivity contribution is 5.95. The van der Waals surface area contributed by atoms with E-state index in [1.807, 2.05) is 18.2 Å². The summed E-state index contributed by atoms with van der Waals surface area (Å²) in [4.78, 5) is 15.7. The molecule has 4 nitrogen and oxygen atoms in total. The monoisotopic (exact) mass is 309 g/mol. The van der Waals surface area contributed by atoms with Gasteiger partial charge in [0.15, 0.2) is 0 Å². The van der Waals surface area contributed by atoms with Gasteiger partial charge in [-0.3, -0.25) is 0 Å². The van der Waals surface area contributed by atoms with Gasteiger partial charge in [0.25, 0.3) is 0 Å². The molecule has 0 amide bonds. The fourth-order valence-electron chi connectivity index (χ4n) is 2.59. The number of nitrogens with zero attached hydrogens (tertiary/aromatic N) is 1. The van der Waals surface area contributed by atoms with Crippen LogP contribution in [-0.2, 0) is 4.74 Å². The fraction of sp³-hybridized carbons (Fsp3) is 0.263. The van der Waals surface area contributed by atoms with Gasteiger partial charge in [-0.1, -0.05) is 38.1 Å². The first-order valence-corrected chi connectivity index (χ1v) is 7.69. The maximum atomic E-state index is 11.1. The Bertz CT molecular complexity index is 747. The molecule has 0 radical (unpaired) electrons. The number of carboxylic acids is 1. The summed E-state index contributed by atoms with van der Waals surface area (Å²) in [6, 6.07) is 14.9. The lowest BCUT2D eigenvalue weighted by Gasteiger charge is -2.06. The maximum Gasteiger partial charge on any atom is 0.335 e. The zero-order chi connectivity index (χ0) is 16.4. The molecule has 2 aromatic rings. The molecule has 0 saturated carbocycles. The Labute approximate surface area is 135 Å². The molecule has 0 fully saturated rings. The lowest BCUT2D eigenvalue weighted by molar-refractivity contribution is 0.0696. The highest BCUT2D eigenvalue weighted by atomic mass is 16.5. The first-order valence-electron chi connectivity index (χ1n) is 7.69. The van der Waals surface area contributed by atoms with E-state index in [4.69, 9.17) is 9.84 Å². The Hall–Kier alpha value is -2.62. The van der Waals surface area contributed by atoms with E-state index in [2.05, 4.69) is 31.0 Å². The van der Waals surface area contributed by atoms with Gasteiger partial charge >= 0.3 is 5.97 Å². The van der Waals surface area contributed by atoms with Crippen molar-refractivity contribution in [2.45, 2.75) is 25.8 Å². The molecule has 0 spiro atoms. The third-order valence-corrected chi connectivity index (χ3v) is 3.99. The van der Waals surface area contributed by atoms with E-state index in [0.717, 1.165) is 11.1 Å². The summed E-state index contributed by atoms with van der Waals surface area (Å²) in [5.74, 6) is 0.173. The van der Waals surface area contributed by atoms with Crippen molar-refractivity contribution in [3.8, 4) is 0 Å². The molecule has 3 rings (SSSR count). The van der Waals surface area contributed by atoms with Crippen molar-refractivity contribution in [2.75, 3.05) is 6.61 Å². The quantitative estimate of drug-likeness (QED) is 0.927. The predicted octanol–water partition coefficient (Wildman–Crippen LogP) is 4.03. The van der Waals surface area contributed by atoms with Crippen LogP contribution in [0.4, 0.5) is 0 Å². The van der Waals surface area contributed by atoms with Crippen LogP contribution < -0.4 is 0 Å². The van der Waals surface area contributed by atoms with Gasteiger partial charge in [-0.25, -0.2) is 9.79 Å². The van der Waals surface area contributed by atoms with Crippen LogP contribution in [0.25, 0.3) is 0 Å². The van der Waals surface area contributed by atoms with Crippen molar-refractivity contribution in [3.63, 3.8) is 0 Å². The Morgan fingerprint density at radius 3 is 2.61 bits per heavy atom. The normalized spacial score (nSPS) is 17.0. The molecule has 1 atom stereocenters. The Morgan fingerprint density at radius 2 is 1.96 bits per heavy atom. The third kappa shape index (κ3) is 3.26. The molecule has 23 heavy (non-hydrogen) atoms. The standard InChI is InChI=1S/C19H19NO3/c1-12(2)13-6-8-14(9-7-13)18-20-17(11-23-18)15-4-3-5-16(10-15)19(21)22/h3-10,12,17H,11H2,1-2H3,(H,21,22). The molecule has 1 unspecified atom stereocenters. The summed E-state index contributed by atoms with van der Waals surface area (Å²) in [6.07, 6.45) is 0. The van der Waals surface area contributed by atoms with Gasteiger partial charge in [0.05, 0.1) is 5.56 Å². The predicted molar refractivity (Wildman–Crippen MR) is 89.2 cm³/mol. The minimum atomic E-state index is -0.931. The first-order chi connectivity index (χ1) is 11.0. The van der Waals surface area contributed by atoms with Gasteiger partial charge in [-0.05, 0) is 41.3 Å². The van der Waals surface area contributed by atoms with E-state index >= 15 is 0 Å². The second-order valence-electron chi connectivity index (χ2n) is 5.97. The van der Waals surface area contributed by atoms with Crippen molar-refractivity contribution < 1.29 is 14.6 Å². The molecule has 1 aliphatic rings. The number of ether oxygens (including phenoxy) is 1. The van der Waals surface area contributed by atoms with E-state index in [0.29, 0.717) is 18.4 Å². The Kier molecular flexibility index (Phi) is 4.15. The average molecular weight is 309 g/mol. The van der Waals surface area contributed by atoms with Gasteiger partial charge in [0, 0.05) is 5.56 Å². The number of hydrogen-bond donors (Lipinski definition) is 1. The molecule has 118 valence electrons. The summed E-state index contributed by atoms with van der Waals surface area (Å²) < 4.78 is 5.71. The summed E-state index contributed by atoms with van der Waals surface area (Å²) in [5.41, 5.74) is 3.36. The summed E-state index contributed by atoms with van der Waals surface area (Å²) in [5, 5.41) is 9.09. The van der Waals surface area contributed by atoms with Crippen molar-refractivity contribution in [3.05, 3.63) is 70.8 Å². The largest absolute Gasteiger partial charge is 0.478 e. The molecule has 1 aliphatic heterocycles. The van der Waals surface area contributed by atoms with Crippen molar-refractivity contribution in [2.24, 2.45) is 4.99 Å². The van der Waals surface area contributed by atoms with E-state index in [1.165, 1.54) is 5.56 Å². The number of aromatic carboxylic acids is 1. The second kappa shape index (κ2) is 6.24. The zero-order valence-electron chi connectivity index (χ0n) is 13.2. The summed E-state index contributed by atoms with van der Waals surface area (Å²) >= 11 is 0. The van der Waals surface area contributed by atoms with Crippen LogP contribution >= 0.6 is 0 Å². The summed E-state index contributed by atoms with van der Waals surface area (Å²) in [7, 11) is 0. The topological polar surface area (TPSA) is 58.9 Å². The number of rotatable bonds is 4. The minimum absolute atomic E-state index is 0.158. The van der Waals surface area contributed by atoms with Gasteiger partial charge in [0.2, 0.25) is 5.90 Å². The molecular formula is C19H19NO3. The number of hydrogen-bond acceptors (Lipinski definition) is 3. The van der Waals surface area contributed by atoms with Gasteiger partial charge in [0.1, 0.15) is 12.6 Å². The van der Waals surface area contributed by atoms with Gasteiger partial charge < -0.3 is 9.84 Å². The third-order valence-electron chi connectivity index (χ3n) is 3.99. The van der Waals surface area contributed by atoms with Crippen molar-refractivity contribution >= 4 is 11.9 Å². The second-order valence-corrected chi connectivity index (χ2v) is 5.97.